The van der Waals surface area contributed by atoms with E-state index in [0.29, 0.717) is 19.0 Å². The third-order valence-corrected chi connectivity index (χ3v) is 4.35. The van der Waals surface area contributed by atoms with E-state index in [1.807, 2.05) is 6.92 Å². The molecule has 120 valence electrons. The molecule has 1 aromatic heterocycles. The highest BCUT2D eigenvalue weighted by Crippen LogP contribution is 2.23. The fourth-order valence-corrected chi connectivity index (χ4v) is 3.19. The predicted octanol–water partition coefficient (Wildman–Crippen LogP) is 1.34. The van der Waals surface area contributed by atoms with Gasteiger partial charge in [-0.2, -0.15) is 17.5 Å². The lowest BCUT2D eigenvalue weighted by atomic mass is 10.1. The topological polar surface area (TPSA) is 103 Å². The number of aromatic nitrogens is 2. The quantitative estimate of drug-likeness (QED) is 0.838. The first-order valence-electron chi connectivity index (χ1n) is 5.45. The number of aliphatic carboxylic acids is 1. The minimum absolute atomic E-state index is 0.0643. The van der Waals surface area contributed by atoms with Crippen LogP contribution in [0.1, 0.15) is 6.92 Å². The molecule has 0 spiro atoms. The monoisotopic (exact) mass is 349 g/mol. The van der Waals surface area contributed by atoms with E-state index in [1.165, 1.54) is 10.5 Å². The Morgan fingerprint density at radius 3 is 2.29 bits per heavy atom. The Balaban J connectivity index is 0.000000270. The number of rotatable bonds is 2. The zero-order valence-corrected chi connectivity index (χ0v) is 12.1. The standard InChI is InChI=1S/C7H10ClN3O2S.C2HF3O2/c1-5-3-11(4-5)14(12,13)6-2-9-7(8)10-6;3-2(4,5)1(6)7/h2,5H,3-4H2,1H3,(H,9,10);(H,6,7). The maximum absolute atomic E-state index is 11.8. The molecule has 1 fully saturated rings. The summed E-state index contributed by atoms with van der Waals surface area (Å²) in [5, 5.41) is 7.28. The molecule has 1 aliphatic heterocycles. The second-order valence-corrected chi connectivity index (χ2v) is 6.53. The van der Waals surface area contributed by atoms with Crippen molar-refractivity contribution in [3.63, 3.8) is 0 Å². The Morgan fingerprint density at radius 1 is 1.52 bits per heavy atom. The number of alkyl halides is 3. The molecule has 0 aromatic carbocycles. The van der Waals surface area contributed by atoms with Gasteiger partial charge < -0.3 is 10.1 Å². The first kappa shape index (κ1) is 17.7. The number of hydrogen-bond donors (Lipinski definition) is 2. The lowest BCUT2D eigenvalue weighted by molar-refractivity contribution is -0.192. The molecule has 0 bridgehead atoms. The van der Waals surface area contributed by atoms with Crippen LogP contribution in [-0.4, -0.2) is 53.0 Å². The van der Waals surface area contributed by atoms with Crippen LogP contribution in [0.15, 0.2) is 11.2 Å². The number of imidazole rings is 1. The van der Waals surface area contributed by atoms with Gasteiger partial charge >= 0.3 is 12.1 Å². The fraction of sp³-hybridized carbons (Fsp3) is 0.556. The number of H-pyrrole nitrogens is 1. The van der Waals surface area contributed by atoms with Gasteiger partial charge in [-0.25, -0.2) is 18.2 Å². The maximum Gasteiger partial charge on any atom is 0.490 e. The number of aromatic amines is 1. The van der Waals surface area contributed by atoms with Gasteiger partial charge in [-0.05, 0) is 17.5 Å². The summed E-state index contributed by atoms with van der Waals surface area (Å²) in [5.74, 6) is -2.32. The van der Waals surface area contributed by atoms with Crippen LogP contribution >= 0.6 is 11.6 Å². The highest BCUT2D eigenvalue weighted by molar-refractivity contribution is 7.89. The first-order valence-corrected chi connectivity index (χ1v) is 7.27. The number of carboxylic acids is 1. The van der Waals surface area contributed by atoms with Crippen LogP contribution in [0.5, 0.6) is 0 Å². The molecule has 0 saturated carbocycles. The van der Waals surface area contributed by atoms with E-state index < -0.39 is 22.2 Å². The molecule has 12 heteroatoms. The number of carbonyl (C=O) groups is 1. The van der Waals surface area contributed by atoms with Crippen LogP contribution in [0.25, 0.3) is 0 Å². The Labute approximate surface area is 122 Å². The number of sulfonamides is 1. The van der Waals surface area contributed by atoms with Crippen LogP contribution in [0.3, 0.4) is 0 Å². The van der Waals surface area contributed by atoms with Crippen LogP contribution in [0, 0.1) is 5.92 Å². The Morgan fingerprint density at radius 2 is 2.00 bits per heavy atom. The molecule has 0 unspecified atom stereocenters. The molecule has 21 heavy (non-hydrogen) atoms. The molecular formula is C9H11ClF3N3O4S. The van der Waals surface area contributed by atoms with E-state index >= 15 is 0 Å². The lowest BCUT2D eigenvalue weighted by Gasteiger charge is -2.35. The normalized spacial score (nSPS) is 16.8. The van der Waals surface area contributed by atoms with Gasteiger partial charge in [-0.3, -0.25) is 0 Å². The number of nitrogens with one attached hydrogen (secondary N) is 1. The van der Waals surface area contributed by atoms with Gasteiger partial charge in [-0.15, -0.1) is 0 Å². The van der Waals surface area contributed by atoms with Crippen molar-refractivity contribution in [1.82, 2.24) is 14.3 Å². The van der Waals surface area contributed by atoms with Gasteiger partial charge in [0, 0.05) is 13.1 Å². The van der Waals surface area contributed by atoms with Crippen LogP contribution < -0.4 is 0 Å². The van der Waals surface area contributed by atoms with E-state index in [9.17, 15) is 21.6 Å². The van der Waals surface area contributed by atoms with E-state index in [0.717, 1.165) is 0 Å². The van der Waals surface area contributed by atoms with Crippen molar-refractivity contribution in [2.45, 2.75) is 18.1 Å². The zero-order chi connectivity index (χ0) is 16.4. The van der Waals surface area contributed by atoms with Gasteiger partial charge in [0.2, 0.25) is 5.28 Å². The van der Waals surface area contributed by atoms with Crippen molar-refractivity contribution in [3.05, 3.63) is 11.5 Å². The second kappa shape index (κ2) is 6.20. The van der Waals surface area contributed by atoms with Crippen LogP contribution in [0.2, 0.25) is 5.28 Å². The summed E-state index contributed by atoms with van der Waals surface area (Å²) >= 11 is 5.51. The van der Waals surface area contributed by atoms with Crippen molar-refractivity contribution in [3.8, 4) is 0 Å². The summed E-state index contributed by atoms with van der Waals surface area (Å²) in [7, 11) is -3.38. The van der Waals surface area contributed by atoms with Gasteiger partial charge in [0.25, 0.3) is 10.0 Å². The zero-order valence-electron chi connectivity index (χ0n) is 10.6. The highest BCUT2D eigenvalue weighted by Gasteiger charge is 2.38. The minimum atomic E-state index is -5.08. The molecule has 7 nitrogen and oxygen atoms in total. The largest absolute Gasteiger partial charge is 0.490 e. The minimum Gasteiger partial charge on any atom is -0.475 e. The van der Waals surface area contributed by atoms with Gasteiger partial charge in [0.1, 0.15) is 0 Å². The molecule has 0 atom stereocenters. The van der Waals surface area contributed by atoms with E-state index in [-0.39, 0.29) is 10.3 Å². The van der Waals surface area contributed by atoms with E-state index in [2.05, 4.69) is 9.97 Å². The summed E-state index contributed by atoms with van der Waals surface area (Å²) in [6.07, 6.45) is -3.85. The Bertz CT molecular complexity index is 610. The van der Waals surface area contributed by atoms with Gasteiger partial charge in [0.15, 0.2) is 5.03 Å². The highest BCUT2D eigenvalue weighted by atomic mass is 35.5. The number of halogens is 4. The fourth-order valence-electron chi connectivity index (χ4n) is 1.39. The van der Waals surface area contributed by atoms with Crippen molar-refractivity contribution in [1.29, 1.82) is 0 Å². The van der Waals surface area contributed by atoms with Gasteiger partial charge in [0.05, 0.1) is 6.20 Å². The summed E-state index contributed by atoms with van der Waals surface area (Å²) in [6, 6.07) is 0. The van der Waals surface area contributed by atoms with E-state index in [4.69, 9.17) is 21.5 Å². The first-order chi connectivity index (χ1) is 9.44. The summed E-state index contributed by atoms with van der Waals surface area (Å²) in [4.78, 5) is 15.0. The molecule has 0 amide bonds. The molecule has 1 aromatic rings. The second-order valence-electron chi connectivity index (χ2n) is 4.27. The molecule has 2 rings (SSSR count). The maximum atomic E-state index is 11.8. The lowest BCUT2D eigenvalue weighted by Crippen LogP contribution is -2.48. The van der Waals surface area contributed by atoms with Crippen molar-refractivity contribution in [2.24, 2.45) is 5.92 Å². The Hall–Kier alpha value is -1.33. The van der Waals surface area contributed by atoms with Crippen molar-refractivity contribution in [2.75, 3.05) is 13.1 Å². The van der Waals surface area contributed by atoms with E-state index in [1.54, 1.807) is 0 Å². The number of carboxylic acid groups (broad SMARTS) is 1. The molecule has 2 N–H and O–H groups in total. The smallest absolute Gasteiger partial charge is 0.475 e. The molecule has 2 heterocycles. The number of hydrogen-bond acceptors (Lipinski definition) is 4. The third-order valence-electron chi connectivity index (χ3n) is 2.41. The van der Waals surface area contributed by atoms with Crippen molar-refractivity contribution >= 4 is 27.6 Å². The summed E-state index contributed by atoms with van der Waals surface area (Å²) in [5.41, 5.74) is 0. The average molecular weight is 350 g/mol. The Kier molecular flexibility index (Phi) is 5.23. The molecule has 0 aliphatic carbocycles. The average Bonchev–Trinajstić information content (AvgIpc) is 2.72. The predicted molar refractivity (Wildman–Crippen MR) is 65.2 cm³/mol. The van der Waals surface area contributed by atoms with Gasteiger partial charge in [-0.1, -0.05) is 6.92 Å². The van der Waals surface area contributed by atoms with Crippen LogP contribution in [0.4, 0.5) is 13.2 Å². The van der Waals surface area contributed by atoms with Crippen LogP contribution in [-0.2, 0) is 14.8 Å². The van der Waals surface area contributed by atoms with Crippen molar-refractivity contribution < 1.29 is 31.5 Å². The summed E-state index contributed by atoms with van der Waals surface area (Å²) in [6.45, 7) is 3.14. The SMILES string of the molecule is CC1CN(S(=O)(=O)c2cnc(Cl)[nH]2)C1.O=C(O)C(F)(F)F. The molecule has 1 saturated heterocycles. The third kappa shape index (κ3) is 4.58. The molecule has 1 aliphatic rings. The summed E-state index contributed by atoms with van der Waals surface area (Å²) < 4.78 is 56.7. The molecule has 0 radical (unpaired) electrons. The number of nitrogens with zero attached hydrogens (tertiary/aromatic N) is 2. The molecular weight excluding hydrogens is 339 g/mol.